The lowest BCUT2D eigenvalue weighted by atomic mass is 10.0. The van der Waals surface area contributed by atoms with Crippen LogP contribution in [0.2, 0.25) is 0 Å². The lowest BCUT2D eigenvalue weighted by Gasteiger charge is -2.17. The fraction of sp³-hybridized carbons (Fsp3) is 0.429. The molecule has 2 N–H and O–H groups in total. The standard InChI is InChI=1S/C14H17N3O4S/c1-6(2)10(13(20)21)16-11(18)9-5-15-14-17(12(9)19)7(3)8(4)22-14/h5-6,10H,1-4H3,(H,16,18)(H,20,21)/t10-/m1/s1. The number of carbonyl (C=O) groups is 2. The molecule has 0 saturated heterocycles. The highest BCUT2D eigenvalue weighted by Gasteiger charge is 2.26. The smallest absolute Gasteiger partial charge is 0.326 e. The van der Waals surface area contributed by atoms with Crippen LogP contribution in [-0.4, -0.2) is 32.4 Å². The molecule has 0 aliphatic heterocycles. The molecule has 0 radical (unpaired) electrons. The molecular weight excluding hydrogens is 306 g/mol. The minimum atomic E-state index is -1.14. The first-order chi connectivity index (χ1) is 10.2. The molecule has 1 atom stereocenters. The quantitative estimate of drug-likeness (QED) is 0.881. The van der Waals surface area contributed by atoms with Crippen LogP contribution in [0.3, 0.4) is 0 Å². The second kappa shape index (κ2) is 5.88. The summed E-state index contributed by atoms with van der Waals surface area (Å²) in [4.78, 5) is 41.4. The summed E-state index contributed by atoms with van der Waals surface area (Å²) in [5.74, 6) is -2.16. The Balaban J connectivity index is 2.45. The maximum atomic E-state index is 12.4. The molecule has 2 rings (SSSR count). The number of carboxylic acid groups (broad SMARTS) is 1. The lowest BCUT2D eigenvalue weighted by Crippen LogP contribution is -2.45. The van der Waals surface area contributed by atoms with Crippen LogP contribution in [0.25, 0.3) is 4.96 Å². The van der Waals surface area contributed by atoms with Crippen LogP contribution in [-0.2, 0) is 4.79 Å². The van der Waals surface area contributed by atoms with Gasteiger partial charge in [-0.2, -0.15) is 0 Å². The molecule has 118 valence electrons. The first-order valence-corrected chi connectivity index (χ1v) is 7.57. The Hall–Kier alpha value is -2.22. The van der Waals surface area contributed by atoms with E-state index < -0.39 is 23.5 Å². The number of aliphatic carboxylic acids is 1. The summed E-state index contributed by atoms with van der Waals surface area (Å²) in [5.41, 5.74) is 0.0772. The van der Waals surface area contributed by atoms with Crippen LogP contribution in [0.15, 0.2) is 11.0 Å². The second-order valence-electron chi connectivity index (χ2n) is 5.37. The summed E-state index contributed by atoms with van der Waals surface area (Å²) in [7, 11) is 0. The van der Waals surface area contributed by atoms with E-state index in [1.54, 1.807) is 20.8 Å². The molecule has 0 aliphatic carbocycles. The number of thiazole rings is 1. The Morgan fingerprint density at radius 1 is 1.36 bits per heavy atom. The Bertz CT molecular complexity index is 806. The highest BCUT2D eigenvalue weighted by atomic mass is 32.1. The average molecular weight is 323 g/mol. The van der Waals surface area contributed by atoms with Crippen LogP contribution in [0.4, 0.5) is 0 Å². The van der Waals surface area contributed by atoms with Gasteiger partial charge in [-0.3, -0.25) is 14.0 Å². The van der Waals surface area contributed by atoms with Gasteiger partial charge in [0.1, 0.15) is 11.6 Å². The molecule has 2 aromatic rings. The van der Waals surface area contributed by atoms with Crippen molar-refractivity contribution in [1.29, 1.82) is 0 Å². The fourth-order valence-electron chi connectivity index (χ4n) is 2.06. The number of carbonyl (C=O) groups excluding carboxylic acids is 1. The monoisotopic (exact) mass is 323 g/mol. The van der Waals surface area contributed by atoms with E-state index in [4.69, 9.17) is 5.11 Å². The van der Waals surface area contributed by atoms with Crippen molar-refractivity contribution in [1.82, 2.24) is 14.7 Å². The topological polar surface area (TPSA) is 101 Å². The van der Waals surface area contributed by atoms with Gasteiger partial charge in [0.25, 0.3) is 11.5 Å². The highest BCUT2D eigenvalue weighted by Crippen LogP contribution is 2.18. The number of rotatable bonds is 4. The summed E-state index contributed by atoms with van der Waals surface area (Å²) in [6.07, 6.45) is 1.20. The molecule has 0 saturated carbocycles. The Morgan fingerprint density at radius 3 is 2.55 bits per heavy atom. The van der Waals surface area contributed by atoms with Crippen LogP contribution < -0.4 is 10.9 Å². The molecule has 22 heavy (non-hydrogen) atoms. The van der Waals surface area contributed by atoms with Gasteiger partial charge in [0.05, 0.1) is 0 Å². The molecule has 2 aromatic heterocycles. The van der Waals surface area contributed by atoms with Crippen molar-refractivity contribution in [3.05, 3.63) is 32.7 Å². The summed E-state index contributed by atoms with van der Waals surface area (Å²) in [5, 5.41) is 11.5. The zero-order chi connectivity index (χ0) is 16.6. The van der Waals surface area contributed by atoms with E-state index in [0.717, 1.165) is 10.6 Å². The van der Waals surface area contributed by atoms with Gasteiger partial charge in [0.2, 0.25) is 0 Å². The van der Waals surface area contributed by atoms with Crippen LogP contribution >= 0.6 is 11.3 Å². The van der Waals surface area contributed by atoms with E-state index in [9.17, 15) is 14.4 Å². The van der Waals surface area contributed by atoms with E-state index in [1.165, 1.54) is 21.9 Å². The number of carboxylic acids is 1. The van der Waals surface area contributed by atoms with Gasteiger partial charge in [-0.1, -0.05) is 13.8 Å². The number of aryl methyl sites for hydroxylation is 2. The third-order valence-corrected chi connectivity index (χ3v) is 4.55. The van der Waals surface area contributed by atoms with E-state index in [2.05, 4.69) is 10.3 Å². The lowest BCUT2D eigenvalue weighted by molar-refractivity contribution is -0.140. The normalized spacial score (nSPS) is 12.6. The Labute approximate surface area is 130 Å². The summed E-state index contributed by atoms with van der Waals surface area (Å²) >= 11 is 1.36. The van der Waals surface area contributed by atoms with E-state index in [0.29, 0.717) is 4.96 Å². The summed E-state index contributed by atoms with van der Waals surface area (Å²) in [6.45, 7) is 7.00. The van der Waals surface area contributed by atoms with Crippen molar-refractivity contribution < 1.29 is 14.7 Å². The van der Waals surface area contributed by atoms with Gasteiger partial charge in [-0.15, -0.1) is 11.3 Å². The predicted octanol–water partition coefficient (Wildman–Crippen LogP) is 1.21. The molecule has 0 aliphatic rings. The summed E-state index contributed by atoms with van der Waals surface area (Å²) in [6, 6.07) is -1.06. The largest absolute Gasteiger partial charge is 0.480 e. The zero-order valence-electron chi connectivity index (χ0n) is 12.7. The average Bonchev–Trinajstić information content (AvgIpc) is 2.71. The molecule has 7 nitrogen and oxygen atoms in total. The molecular formula is C14H17N3O4S. The van der Waals surface area contributed by atoms with Crippen molar-refractivity contribution in [3.8, 4) is 0 Å². The van der Waals surface area contributed by atoms with E-state index in [-0.39, 0.29) is 11.5 Å². The molecule has 0 spiro atoms. The minimum Gasteiger partial charge on any atom is -0.480 e. The highest BCUT2D eigenvalue weighted by molar-refractivity contribution is 7.17. The number of hydrogen-bond acceptors (Lipinski definition) is 5. The minimum absolute atomic E-state index is 0.162. The maximum absolute atomic E-state index is 12.4. The predicted molar refractivity (Wildman–Crippen MR) is 82.5 cm³/mol. The molecule has 0 aromatic carbocycles. The van der Waals surface area contributed by atoms with Gasteiger partial charge in [0.15, 0.2) is 4.96 Å². The maximum Gasteiger partial charge on any atom is 0.326 e. The number of fused-ring (bicyclic) bond motifs is 1. The van der Waals surface area contributed by atoms with Crippen molar-refractivity contribution in [2.24, 2.45) is 5.92 Å². The van der Waals surface area contributed by atoms with Gasteiger partial charge in [0, 0.05) is 16.8 Å². The van der Waals surface area contributed by atoms with Gasteiger partial charge in [-0.05, 0) is 19.8 Å². The molecule has 0 bridgehead atoms. The first kappa shape index (κ1) is 16.2. The fourth-order valence-corrected chi connectivity index (χ4v) is 2.99. The second-order valence-corrected chi connectivity index (χ2v) is 6.55. The molecule has 0 fully saturated rings. The number of aromatic nitrogens is 2. The van der Waals surface area contributed by atoms with Gasteiger partial charge >= 0.3 is 5.97 Å². The molecule has 1 amide bonds. The number of nitrogens with zero attached hydrogens (tertiary/aromatic N) is 2. The van der Waals surface area contributed by atoms with Gasteiger partial charge < -0.3 is 10.4 Å². The van der Waals surface area contributed by atoms with E-state index in [1.807, 2.05) is 6.92 Å². The zero-order valence-corrected chi connectivity index (χ0v) is 13.5. The SMILES string of the molecule is Cc1sc2ncc(C(=O)N[C@@H](C(=O)O)C(C)C)c(=O)n2c1C. The number of hydrogen-bond donors (Lipinski definition) is 2. The Morgan fingerprint density at radius 2 is 2.00 bits per heavy atom. The third kappa shape index (κ3) is 2.74. The number of nitrogens with one attached hydrogen (secondary N) is 1. The Kier molecular flexibility index (Phi) is 4.32. The van der Waals surface area contributed by atoms with Crippen LogP contribution in [0.1, 0.15) is 34.8 Å². The van der Waals surface area contributed by atoms with Gasteiger partial charge in [-0.25, -0.2) is 9.78 Å². The first-order valence-electron chi connectivity index (χ1n) is 6.75. The van der Waals surface area contributed by atoms with Crippen LogP contribution in [0.5, 0.6) is 0 Å². The molecule has 0 unspecified atom stereocenters. The van der Waals surface area contributed by atoms with Crippen molar-refractivity contribution in [2.45, 2.75) is 33.7 Å². The third-order valence-electron chi connectivity index (χ3n) is 3.48. The van der Waals surface area contributed by atoms with Crippen molar-refractivity contribution >= 4 is 28.2 Å². The molecule has 2 heterocycles. The molecule has 8 heteroatoms. The number of amides is 1. The van der Waals surface area contributed by atoms with E-state index >= 15 is 0 Å². The van der Waals surface area contributed by atoms with Crippen molar-refractivity contribution in [3.63, 3.8) is 0 Å². The van der Waals surface area contributed by atoms with Crippen LogP contribution in [0, 0.1) is 19.8 Å². The summed E-state index contributed by atoms with van der Waals surface area (Å²) < 4.78 is 1.38. The van der Waals surface area contributed by atoms with Crippen molar-refractivity contribution in [2.75, 3.05) is 0 Å².